The van der Waals surface area contributed by atoms with Gasteiger partial charge in [-0.3, -0.25) is 20.0 Å². The van der Waals surface area contributed by atoms with Crippen molar-refractivity contribution in [3.8, 4) is 5.75 Å². The van der Waals surface area contributed by atoms with Crippen LogP contribution in [-0.2, 0) is 11.3 Å². The number of carbonyl (C=O) groups excluding carboxylic acids is 1. The SMILES string of the molecule is Cc1[nH]ncc1CNC(=O)COc1ccc([N+](=O)[O-])cc1. The molecule has 8 nitrogen and oxygen atoms in total. The summed E-state index contributed by atoms with van der Waals surface area (Å²) in [4.78, 5) is 21.6. The van der Waals surface area contributed by atoms with E-state index in [1.807, 2.05) is 6.92 Å². The van der Waals surface area contributed by atoms with Gasteiger partial charge in [-0.2, -0.15) is 5.10 Å². The Balaban J connectivity index is 1.78. The largest absolute Gasteiger partial charge is 0.484 e. The smallest absolute Gasteiger partial charge is 0.269 e. The van der Waals surface area contributed by atoms with Gasteiger partial charge in [0.1, 0.15) is 5.75 Å². The van der Waals surface area contributed by atoms with E-state index in [4.69, 9.17) is 4.74 Å². The highest BCUT2D eigenvalue weighted by Crippen LogP contribution is 2.17. The Morgan fingerprint density at radius 3 is 2.71 bits per heavy atom. The van der Waals surface area contributed by atoms with Crippen LogP contribution in [0, 0.1) is 17.0 Å². The number of carbonyl (C=O) groups is 1. The summed E-state index contributed by atoms with van der Waals surface area (Å²) in [5.41, 5.74) is 1.77. The second kappa shape index (κ2) is 6.51. The Kier molecular flexibility index (Phi) is 4.50. The van der Waals surface area contributed by atoms with E-state index in [1.54, 1.807) is 6.20 Å². The number of nitrogens with zero attached hydrogens (tertiary/aromatic N) is 2. The molecule has 0 aliphatic heterocycles. The molecule has 0 radical (unpaired) electrons. The van der Waals surface area contributed by atoms with Gasteiger partial charge in [-0.05, 0) is 19.1 Å². The number of rotatable bonds is 6. The van der Waals surface area contributed by atoms with E-state index in [2.05, 4.69) is 15.5 Å². The van der Waals surface area contributed by atoms with E-state index in [-0.39, 0.29) is 18.2 Å². The second-order valence-electron chi connectivity index (χ2n) is 4.34. The molecule has 2 N–H and O–H groups in total. The summed E-state index contributed by atoms with van der Waals surface area (Å²) < 4.78 is 5.24. The molecule has 0 fully saturated rings. The van der Waals surface area contributed by atoms with Crippen molar-refractivity contribution < 1.29 is 14.5 Å². The number of aromatic amines is 1. The van der Waals surface area contributed by atoms with Gasteiger partial charge in [-0.25, -0.2) is 0 Å². The lowest BCUT2D eigenvalue weighted by Gasteiger charge is -2.07. The number of aromatic nitrogens is 2. The molecule has 0 aliphatic rings. The van der Waals surface area contributed by atoms with Gasteiger partial charge in [0.2, 0.25) is 0 Å². The fraction of sp³-hybridized carbons (Fsp3) is 0.231. The third-order valence-corrected chi connectivity index (χ3v) is 2.83. The Bertz CT molecular complexity index is 636. The number of amides is 1. The Morgan fingerprint density at radius 2 is 2.14 bits per heavy atom. The highest BCUT2D eigenvalue weighted by molar-refractivity contribution is 5.77. The molecule has 0 aliphatic carbocycles. The highest BCUT2D eigenvalue weighted by Gasteiger charge is 2.07. The van der Waals surface area contributed by atoms with E-state index >= 15 is 0 Å². The van der Waals surface area contributed by atoms with Crippen LogP contribution in [0.3, 0.4) is 0 Å². The minimum atomic E-state index is -0.496. The first kappa shape index (κ1) is 14.5. The third-order valence-electron chi connectivity index (χ3n) is 2.83. The van der Waals surface area contributed by atoms with E-state index in [9.17, 15) is 14.9 Å². The molecule has 21 heavy (non-hydrogen) atoms. The lowest BCUT2D eigenvalue weighted by Crippen LogP contribution is -2.28. The van der Waals surface area contributed by atoms with Crippen LogP contribution in [0.2, 0.25) is 0 Å². The number of ether oxygens (including phenoxy) is 1. The fourth-order valence-electron chi connectivity index (χ4n) is 1.61. The number of hydrogen-bond acceptors (Lipinski definition) is 5. The van der Waals surface area contributed by atoms with E-state index in [0.717, 1.165) is 11.3 Å². The number of nitro groups is 1. The van der Waals surface area contributed by atoms with Crippen LogP contribution in [0.4, 0.5) is 5.69 Å². The highest BCUT2D eigenvalue weighted by atomic mass is 16.6. The number of non-ortho nitro benzene ring substituents is 1. The van der Waals surface area contributed by atoms with Crippen molar-refractivity contribution >= 4 is 11.6 Å². The first-order valence-electron chi connectivity index (χ1n) is 6.19. The molecule has 2 rings (SSSR count). The minimum absolute atomic E-state index is 0.0257. The van der Waals surface area contributed by atoms with Gasteiger partial charge in [0.25, 0.3) is 11.6 Å². The molecule has 0 unspecified atom stereocenters. The van der Waals surface area contributed by atoms with E-state index in [0.29, 0.717) is 12.3 Å². The van der Waals surface area contributed by atoms with Crippen LogP contribution in [0.5, 0.6) is 5.75 Å². The number of nitrogens with one attached hydrogen (secondary N) is 2. The zero-order valence-corrected chi connectivity index (χ0v) is 11.3. The first-order chi connectivity index (χ1) is 10.1. The zero-order valence-electron chi connectivity index (χ0n) is 11.3. The molecule has 1 heterocycles. The fourth-order valence-corrected chi connectivity index (χ4v) is 1.61. The maximum atomic E-state index is 11.6. The van der Waals surface area contributed by atoms with Crippen molar-refractivity contribution in [1.82, 2.24) is 15.5 Å². The molecule has 0 atom stereocenters. The lowest BCUT2D eigenvalue weighted by molar-refractivity contribution is -0.384. The molecule has 1 aromatic heterocycles. The maximum absolute atomic E-state index is 11.6. The summed E-state index contributed by atoms with van der Waals surface area (Å²) in [5.74, 6) is 0.115. The standard InChI is InChI=1S/C13H14N4O4/c1-9-10(7-15-16-9)6-14-13(18)8-21-12-4-2-11(3-5-12)17(19)20/h2-5,7H,6,8H2,1H3,(H,14,18)(H,15,16). The molecule has 1 amide bonds. The Hall–Kier alpha value is -2.90. The van der Waals surface area contributed by atoms with Crippen LogP contribution >= 0.6 is 0 Å². The summed E-state index contributed by atoms with van der Waals surface area (Å²) in [6.45, 7) is 2.07. The number of hydrogen-bond donors (Lipinski definition) is 2. The summed E-state index contributed by atoms with van der Waals surface area (Å²) >= 11 is 0. The predicted octanol–water partition coefficient (Wildman–Crippen LogP) is 1.32. The number of H-pyrrole nitrogens is 1. The Morgan fingerprint density at radius 1 is 1.43 bits per heavy atom. The quantitative estimate of drug-likeness (QED) is 0.616. The van der Waals surface area contributed by atoms with Gasteiger partial charge >= 0.3 is 0 Å². The third kappa shape index (κ3) is 4.03. The van der Waals surface area contributed by atoms with Crippen molar-refractivity contribution in [3.63, 3.8) is 0 Å². The molecular formula is C13H14N4O4. The topological polar surface area (TPSA) is 110 Å². The predicted molar refractivity (Wildman–Crippen MR) is 73.8 cm³/mol. The zero-order chi connectivity index (χ0) is 15.2. The van der Waals surface area contributed by atoms with Crippen molar-refractivity contribution in [2.45, 2.75) is 13.5 Å². The number of nitro benzene ring substituents is 1. The van der Waals surface area contributed by atoms with Gasteiger partial charge in [-0.1, -0.05) is 0 Å². The summed E-state index contributed by atoms with van der Waals surface area (Å²) in [7, 11) is 0. The summed E-state index contributed by atoms with van der Waals surface area (Å²) in [5, 5.41) is 19.8. The maximum Gasteiger partial charge on any atom is 0.269 e. The molecule has 110 valence electrons. The average molecular weight is 290 g/mol. The molecule has 2 aromatic rings. The average Bonchev–Trinajstić information content (AvgIpc) is 2.88. The second-order valence-corrected chi connectivity index (χ2v) is 4.34. The van der Waals surface area contributed by atoms with Crippen molar-refractivity contribution in [2.75, 3.05) is 6.61 Å². The number of benzene rings is 1. The van der Waals surface area contributed by atoms with Gasteiger partial charge in [0.15, 0.2) is 6.61 Å². The minimum Gasteiger partial charge on any atom is -0.484 e. The first-order valence-corrected chi connectivity index (χ1v) is 6.19. The lowest BCUT2D eigenvalue weighted by atomic mass is 10.2. The summed E-state index contributed by atoms with van der Waals surface area (Å²) in [6.07, 6.45) is 1.65. The van der Waals surface area contributed by atoms with Crippen LogP contribution in [0.15, 0.2) is 30.5 Å². The van der Waals surface area contributed by atoms with Crippen LogP contribution in [0.25, 0.3) is 0 Å². The van der Waals surface area contributed by atoms with Gasteiger partial charge in [-0.15, -0.1) is 0 Å². The van der Waals surface area contributed by atoms with Crippen LogP contribution < -0.4 is 10.1 Å². The van der Waals surface area contributed by atoms with Crippen LogP contribution in [0.1, 0.15) is 11.3 Å². The molecule has 0 saturated heterocycles. The van der Waals surface area contributed by atoms with Crippen LogP contribution in [-0.4, -0.2) is 27.6 Å². The van der Waals surface area contributed by atoms with E-state index < -0.39 is 4.92 Å². The van der Waals surface area contributed by atoms with Crippen molar-refractivity contribution in [2.24, 2.45) is 0 Å². The van der Waals surface area contributed by atoms with Crippen molar-refractivity contribution in [3.05, 3.63) is 51.8 Å². The van der Waals surface area contributed by atoms with E-state index in [1.165, 1.54) is 24.3 Å². The van der Waals surface area contributed by atoms with Gasteiger partial charge in [0.05, 0.1) is 11.1 Å². The molecule has 0 bridgehead atoms. The normalized spacial score (nSPS) is 10.1. The van der Waals surface area contributed by atoms with Crippen molar-refractivity contribution in [1.29, 1.82) is 0 Å². The number of aryl methyl sites for hydroxylation is 1. The Labute approximate surface area is 120 Å². The molecule has 1 aromatic carbocycles. The molecule has 0 spiro atoms. The van der Waals surface area contributed by atoms with Gasteiger partial charge < -0.3 is 10.1 Å². The molecule has 8 heteroatoms. The van der Waals surface area contributed by atoms with Gasteiger partial charge in [0, 0.05) is 29.9 Å². The summed E-state index contributed by atoms with van der Waals surface area (Å²) in [6, 6.07) is 5.54. The molecule has 0 saturated carbocycles. The monoisotopic (exact) mass is 290 g/mol. The molecular weight excluding hydrogens is 276 g/mol.